The third-order valence-electron chi connectivity index (χ3n) is 2.57. The second kappa shape index (κ2) is 4.23. The number of aromatic amines is 1. The van der Waals surface area contributed by atoms with Crippen molar-refractivity contribution >= 4 is 28.3 Å². The lowest BCUT2D eigenvalue weighted by Crippen LogP contribution is -2.00. The Labute approximate surface area is 106 Å². The maximum atomic E-state index is 11.3. The van der Waals surface area contributed by atoms with Gasteiger partial charge in [-0.15, -0.1) is 11.3 Å². The Hall–Kier alpha value is -2.21. The Bertz CT molecular complexity index is 717. The van der Waals surface area contributed by atoms with E-state index >= 15 is 0 Å². The van der Waals surface area contributed by atoms with Crippen molar-refractivity contribution in [3.8, 4) is 10.6 Å². The summed E-state index contributed by atoms with van der Waals surface area (Å²) in [4.78, 5) is 22.8. The largest absolute Gasteiger partial charge is 0.464 e. The average molecular weight is 259 g/mol. The Morgan fingerprint density at radius 3 is 3.17 bits per heavy atom. The lowest BCUT2D eigenvalue weighted by Gasteiger charge is -1.96. The number of fused-ring (bicyclic) bond motifs is 1. The molecule has 3 rings (SSSR count). The maximum absolute atomic E-state index is 11.3. The molecule has 0 aliphatic heterocycles. The second-order valence-electron chi connectivity index (χ2n) is 3.66. The van der Waals surface area contributed by atoms with Crippen molar-refractivity contribution in [2.45, 2.75) is 0 Å². The molecule has 0 aliphatic carbocycles. The highest BCUT2D eigenvalue weighted by Gasteiger charge is 2.12. The van der Waals surface area contributed by atoms with E-state index in [9.17, 15) is 4.79 Å². The maximum Gasteiger partial charge on any atom is 0.357 e. The number of thiazole rings is 1. The Morgan fingerprint density at radius 1 is 1.44 bits per heavy atom. The van der Waals surface area contributed by atoms with Gasteiger partial charge in [0, 0.05) is 10.9 Å². The fourth-order valence-corrected chi connectivity index (χ4v) is 2.46. The summed E-state index contributed by atoms with van der Waals surface area (Å²) < 4.78 is 4.63. The predicted molar refractivity (Wildman–Crippen MR) is 68.5 cm³/mol. The van der Waals surface area contributed by atoms with Crippen LogP contribution in [-0.4, -0.2) is 28.0 Å². The van der Waals surface area contributed by atoms with Crippen LogP contribution in [-0.2, 0) is 4.74 Å². The molecule has 0 spiro atoms. The first kappa shape index (κ1) is 10.9. The minimum absolute atomic E-state index is 0.335. The summed E-state index contributed by atoms with van der Waals surface area (Å²) >= 11 is 1.41. The fourth-order valence-electron chi connectivity index (χ4n) is 1.67. The van der Waals surface area contributed by atoms with Crippen molar-refractivity contribution in [2.75, 3.05) is 7.11 Å². The van der Waals surface area contributed by atoms with Gasteiger partial charge < -0.3 is 9.72 Å². The summed E-state index contributed by atoms with van der Waals surface area (Å²) in [6.45, 7) is 0. The quantitative estimate of drug-likeness (QED) is 0.718. The van der Waals surface area contributed by atoms with Gasteiger partial charge in [0.15, 0.2) is 5.69 Å². The zero-order chi connectivity index (χ0) is 12.5. The number of nitrogens with one attached hydrogen (secondary N) is 1. The van der Waals surface area contributed by atoms with E-state index < -0.39 is 5.97 Å². The summed E-state index contributed by atoms with van der Waals surface area (Å²) in [6, 6.07) is 5.81. The van der Waals surface area contributed by atoms with E-state index in [1.54, 1.807) is 11.7 Å². The van der Waals surface area contributed by atoms with Gasteiger partial charge in [0.1, 0.15) is 5.01 Å². The molecule has 0 atom stereocenters. The number of hydrogen-bond donors (Lipinski definition) is 1. The molecule has 3 aromatic rings. The molecule has 5 nitrogen and oxygen atoms in total. The zero-order valence-corrected chi connectivity index (χ0v) is 10.3. The molecule has 0 fully saturated rings. The number of H-pyrrole nitrogens is 1. The van der Waals surface area contributed by atoms with Gasteiger partial charge in [-0.05, 0) is 18.2 Å². The van der Waals surface area contributed by atoms with Gasteiger partial charge in [-0.3, -0.25) is 0 Å². The molecule has 0 saturated heterocycles. The highest BCUT2D eigenvalue weighted by Crippen LogP contribution is 2.26. The fraction of sp³-hybridized carbons (Fsp3) is 0.0833. The van der Waals surface area contributed by atoms with Crippen molar-refractivity contribution in [3.63, 3.8) is 0 Å². The number of rotatable bonds is 2. The van der Waals surface area contributed by atoms with Crippen molar-refractivity contribution < 1.29 is 9.53 Å². The molecule has 0 radical (unpaired) electrons. The molecule has 0 amide bonds. The van der Waals surface area contributed by atoms with E-state index in [1.165, 1.54) is 18.4 Å². The average Bonchev–Trinajstić information content (AvgIpc) is 3.05. The van der Waals surface area contributed by atoms with Gasteiger partial charge in [0.2, 0.25) is 0 Å². The highest BCUT2D eigenvalue weighted by molar-refractivity contribution is 7.13. The predicted octanol–water partition coefficient (Wildman–Crippen LogP) is 2.47. The first-order valence-corrected chi connectivity index (χ1v) is 6.13. The van der Waals surface area contributed by atoms with Gasteiger partial charge in [-0.2, -0.15) is 0 Å². The number of hydrogen-bond acceptors (Lipinski definition) is 5. The highest BCUT2D eigenvalue weighted by atomic mass is 32.1. The van der Waals surface area contributed by atoms with E-state index in [2.05, 4.69) is 19.7 Å². The van der Waals surface area contributed by atoms with E-state index in [1.807, 2.05) is 18.2 Å². The number of methoxy groups -OCH3 is 1. The number of aromatic nitrogens is 3. The zero-order valence-electron chi connectivity index (χ0n) is 9.51. The van der Waals surface area contributed by atoms with E-state index in [-0.39, 0.29) is 0 Å². The smallest absolute Gasteiger partial charge is 0.357 e. The molecule has 1 N–H and O–H groups in total. The lowest BCUT2D eigenvalue weighted by atomic mass is 10.2. The standard InChI is InChI=1S/C12H9N3O2S/c1-17-12(16)10-5-18-11(15-10)7-2-3-8-9(4-7)14-6-13-8/h2-6H,1H3,(H,13,14). The number of carbonyl (C=O) groups excluding carboxylic acids is 1. The van der Waals surface area contributed by atoms with Crippen LogP contribution in [0, 0.1) is 0 Å². The monoisotopic (exact) mass is 259 g/mol. The Kier molecular flexibility index (Phi) is 2.56. The molecule has 0 aliphatic rings. The van der Waals surface area contributed by atoms with Gasteiger partial charge in [-0.1, -0.05) is 0 Å². The first-order chi connectivity index (χ1) is 8.78. The lowest BCUT2D eigenvalue weighted by molar-refractivity contribution is 0.0595. The molecule has 90 valence electrons. The third kappa shape index (κ3) is 1.76. The number of imidazole rings is 1. The minimum atomic E-state index is -0.417. The van der Waals surface area contributed by atoms with Crippen LogP contribution in [0.2, 0.25) is 0 Å². The molecule has 0 unspecified atom stereocenters. The number of esters is 1. The molecule has 6 heteroatoms. The minimum Gasteiger partial charge on any atom is -0.464 e. The summed E-state index contributed by atoms with van der Waals surface area (Å²) in [5.74, 6) is -0.417. The van der Waals surface area contributed by atoms with Crippen molar-refractivity contribution in [1.82, 2.24) is 15.0 Å². The SMILES string of the molecule is COC(=O)c1csc(-c2ccc3nc[nH]c3c2)n1. The van der Waals surface area contributed by atoms with Gasteiger partial charge in [0.05, 0.1) is 24.5 Å². The first-order valence-electron chi connectivity index (χ1n) is 5.25. The van der Waals surface area contributed by atoms with E-state index in [0.717, 1.165) is 21.6 Å². The van der Waals surface area contributed by atoms with E-state index in [0.29, 0.717) is 5.69 Å². The van der Waals surface area contributed by atoms with Gasteiger partial charge in [0.25, 0.3) is 0 Å². The number of benzene rings is 1. The summed E-state index contributed by atoms with van der Waals surface area (Å²) in [5, 5.41) is 2.48. The van der Waals surface area contributed by atoms with Crippen LogP contribution in [0.1, 0.15) is 10.5 Å². The number of nitrogens with zero attached hydrogens (tertiary/aromatic N) is 2. The Morgan fingerprint density at radius 2 is 2.33 bits per heavy atom. The van der Waals surface area contributed by atoms with Crippen LogP contribution >= 0.6 is 11.3 Å². The van der Waals surface area contributed by atoms with Crippen LogP contribution in [0.3, 0.4) is 0 Å². The van der Waals surface area contributed by atoms with Crippen LogP contribution in [0.15, 0.2) is 29.9 Å². The van der Waals surface area contributed by atoms with Gasteiger partial charge >= 0.3 is 5.97 Å². The Balaban J connectivity index is 2.03. The molecule has 18 heavy (non-hydrogen) atoms. The van der Waals surface area contributed by atoms with Crippen molar-refractivity contribution in [3.05, 3.63) is 35.6 Å². The topological polar surface area (TPSA) is 67.9 Å². The molecule has 0 saturated carbocycles. The molecule has 1 aromatic carbocycles. The third-order valence-corrected chi connectivity index (χ3v) is 3.46. The normalized spacial score (nSPS) is 10.7. The van der Waals surface area contributed by atoms with Crippen molar-refractivity contribution in [2.24, 2.45) is 0 Å². The number of carbonyl (C=O) groups is 1. The molecule has 0 bridgehead atoms. The summed E-state index contributed by atoms with van der Waals surface area (Å²) in [6.07, 6.45) is 1.65. The molecule has 2 heterocycles. The van der Waals surface area contributed by atoms with Crippen LogP contribution < -0.4 is 0 Å². The van der Waals surface area contributed by atoms with Crippen LogP contribution in [0.4, 0.5) is 0 Å². The summed E-state index contributed by atoms with van der Waals surface area (Å²) in [7, 11) is 1.35. The molecular weight excluding hydrogens is 250 g/mol. The number of ether oxygens (including phenoxy) is 1. The van der Waals surface area contributed by atoms with Crippen LogP contribution in [0.5, 0.6) is 0 Å². The summed E-state index contributed by atoms with van der Waals surface area (Å²) in [5.41, 5.74) is 3.14. The van der Waals surface area contributed by atoms with Crippen molar-refractivity contribution in [1.29, 1.82) is 0 Å². The van der Waals surface area contributed by atoms with Crippen LogP contribution in [0.25, 0.3) is 21.6 Å². The molecule has 2 aromatic heterocycles. The van der Waals surface area contributed by atoms with E-state index in [4.69, 9.17) is 0 Å². The molecular formula is C12H9N3O2S. The second-order valence-corrected chi connectivity index (χ2v) is 4.52. The van der Waals surface area contributed by atoms with Gasteiger partial charge in [-0.25, -0.2) is 14.8 Å².